The number of ether oxygens (including phenoxy) is 2. The predicted molar refractivity (Wildman–Crippen MR) is 83.8 cm³/mol. The lowest BCUT2D eigenvalue weighted by atomic mass is 10.2. The lowest BCUT2D eigenvalue weighted by Crippen LogP contribution is -2.29. The molecule has 0 aliphatic heterocycles. The van der Waals surface area contributed by atoms with Crippen LogP contribution < -0.4 is 20.1 Å². The molecule has 0 fully saturated rings. The largest absolute Gasteiger partial charge is 0.497 e. The zero-order valence-electron chi connectivity index (χ0n) is 13.2. The van der Waals surface area contributed by atoms with E-state index in [1.54, 1.807) is 7.11 Å². The lowest BCUT2D eigenvalue weighted by Gasteiger charge is -2.13. The molecule has 1 aromatic carbocycles. The van der Waals surface area contributed by atoms with Gasteiger partial charge in [-0.05, 0) is 19.0 Å². The summed E-state index contributed by atoms with van der Waals surface area (Å²) in [6.45, 7) is 6.43. The van der Waals surface area contributed by atoms with Crippen LogP contribution in [0, 0.1) is 0 Å². The third-order valence-electron chi connectivity index (χ3n) is 3.05. The maximum atomic E-state index is 11.7. The van der Waals surface area contributed by atoms with Gasteiger partial charge < -0.3 is 20.1 Å². The van der Waals surface area contributed by atoms with Crippen LogP contribution in [0.3, 0.4) is 0 Å². The van der Waals surface area contributed by atoms with Crippen LogP contribution in [0.5, 0.6) is 11.5 Å². The summed E-state index contributed by atoms with van der Waals surface area (Å²) < 4.78 is 10.8. The van der Waals surface area contributed by atoms with Gasteiger partial charge in [-0.25, -0.2) is 0 Å². The summed E-state index contributed by atoms with van der Waals surface area (Å²) in [7, 11) is 1.61. The molecule has 0 unspecified atom stereocenters. The van der Waals surface area contributed by atoms with Crippen LogP contribution in [0.4, 0.5) is 0 Å². The van der Waals surface area contributed by atoms with E-state index in [1.165, 1.54) is 0 Å². The van der Waals surface area contributed by atoms with Gasteiger partial charge in [0.1, 0.15) is 11.5 Å². The maximum Gasteiger partial charge on any atom is 0.257 e. The average Bonchev–Trinajstić information content (AvgIpc) is 2.51. The van der Waals surface area contributed by atoms with Crippen LogP contribution in [0.25, 0.3) is 0 Å². The van der Waals surface area contributed by atoms with E-state index < -0.39 is 0 Å². The molecule has 0 aromatic heterocycles. The summed E-state index contributed by atoms with van der Waals surface area (Å²) in [5.41, 5.74) is 1.01. The van der Waals surface area contributed by atoms with Crippen LogP contribution in [-0.4, -0.2) is 32.7 Å². The van der Waals surface area contributed by atoms with E-state index in [0.29, 0.717) is 18.8 Å². The Balaban J connectivity index is 2.59. The highest BCUT2D eigenvalue weighted by atomic mass is 16.5. The second-order valence-electron chi connectivity index (χ2n) is 4.75. The molecule has 0 radical (unpaired) electrons. The quantitative estimate of drug-likeness (QED) is 0.649. The molecule has 0 saturated heterocycles. The fraction of sp³-hybridized carbons (Fsp3) is 0.562. The van der Waals surface area contributed by atoms with Crippen LogP contribution in [0.1, 0.15) is 32.3 Å². The lowest BCUT2D eigenvalue weighted by molar-refractivity contribution is -0.123. The molecule has 0 saturated carbocycles. The molecule has 0 aliphatic carbocycles. The van der Waals surface area contributed by atoms with Gasteiger partial charge in [0.15, 0.2) is 6.61 Å². The molecule has 1 rings (SSSR count). The Bertz CT molecular complexity index is 436. The highest BCUT2D eigenvalue weighted by Gasteiger charge is 2.08. The molecular weight excluding hydrogens is 268 g/mol. The van der Waals surface area contributed by atoms with Crippen molar-refractivity contribution in [1.29, 1.82) is 0 Å². The topological polar surface area (TPSA) is 59.6 Å². The Morgan fingerprint density at radius 2 is 2.10 bits per heavy atom. The Morgan fingerprint density at radius 1 is 1.29 bits per heavy atom. The van der Waals surface area contributed by atoms with Crippen molar-refractivity contribution in [2.45, 2.75) is 33.2 Å². The van der Waals surface area contributed by atoms with Gasteiger partial charge in [-0.2, -0.15) is 0 Å². The van der Waals surface area contributed by atoms with Gasteiger partial charge in [-0.3, -0.25) is 4.79 Å². The Labute approximate surface area is 127 Å². The molecule has 118 valence electrons. The monoisotopic (exact) mass is 294 g/mol. The van der Waals surface area contributed by atoms with E-state index in [1.807, 2.05) is 25.1 Å². The number of amides is 1. The summed E-state index contributed by atoms with van der Waals surface area (Å²) in [4.78, 5) is 11.7. The molecule has 1 amide bonds. The van der Waals surface area contributed by atoms with Crippen LogP contribution in [0.15, 0.2) is 18.2 Å². The normalized spacial score (nSPS) is 10.2. The first-order valence-corrected chi connectivity index (χ1v) is 7.48. The summed E-state index contributed by atoms with van der Waals surface area (Å²) >= 11 is 0. The number of benzene rings is 1. The van der Waals surface area contributed by atoms with E-state index in [0.717, 1.165) is 30.7 Å². The fourth-order valence-corrected chi connectivity index (χ4v) is 1.80. The summed E-state index contributed by atoms with van der Waals surface area (Å²) in [6.07, 6.45) is 2.04. The van der Waals surface area contributed by atoms with Crippen molar-refractivity contribution >= 4 is 5.91 Å². The van der Waals surface area contributed by atoms with Gasteiger partial charge in [0.2, 0.25) is 0 Å². The van der Waals surface area contributed by atoms with Gasteiger partial charge in [0, 0.05) is 24.7 Å². The van der Waals surface area contributed by atoms with Gasteiger partial charge in [0.05, 0.1) is 7.11 Å². The number of hydrogen-bond acceptors (Lipinski definition) is 4. The molecule has 1 aromatic rings. The number of unbranched alkanes of at least 4 members (excludes halogenated alkanes) is 1. The van der Waals surface area contributed by atoms with Crippen molar-refractivity contribution in [3.63, 3.8) is 0 Å². The minimum Gasteiger partial charge on any atom is -0.497 e. The molecule has 0 bridgehead atoms. The number of carbonyl (C=O) groups is 1. The highest BCUT2D eigenvalue weighted by molar-refractivity contribution is 5.77. The second kappa shape index (κ2) is 10.0. The highest BCUT2D eigenvalue weighted by Crippen LogP contribution is 2.24. The first-order chi connectivity index (χ1) is 10.2. The molecule has 21 heavy (non-hydrogen) atoms. The number of hydrogen-bond donors (Lipinski definition) is 2. The zero-order valence-corrected chi connectivity index (χ0v) is 13.2. The van der Waals surface area contributed by atoms with Gasteiger partial charge >= 0.3 is 0 Å². The zero-order chi connectivity index (χ0) is 15.5. The number of rotatable bonds is 10. The van der Waals surface area contributed by atoms with Crippen molar-refractivity contribution in [3.05, 3.63) is 23.8 Å². The Kier molecular flexibility index (Phi) is 8.28. The molecule has 0 atom stereocenters. The molecule has 5 nitrogen and oxygen atoms in total. The minimum atomic E-state index is -0.0966. The van der Waals surface area contributed by atoms with Crippen LogP contribution in [-0.2, 0) is 11.3 Å². The summed E-state index contributed by atoms with van der Waals surface area (Å²) in [5.74, 6) is 1.30. The fourth-order valence-electron chi connectivity index (χ4n) is 1.80. The molecule has 5 heteroatoms. The second-order valence-corrected chi connectivity index (χ2v) is 4.75. The van der Waals surface area contributed by atoms with Gasteiger partial charge in [-0.1, -0.05) is 26.3 Å². The Hall–Kier alpha value is -1.75. The number of methoxy groups -OCH3 is 1. The average molecular weight is 294 g/mol. The minimum absolute atomic E-state index is 0.0238. The van der Waals surface area contributed by atoms with Crippen molar-refractivity contribution < 1.29 is 14.3 Å². The first kappa shape index (κ1) is 17.3. The van der Waals surface area contributed by atoms with E-state index in [-0.39, 0.29) is 12.5 Å². The van der Waals surface area contributed by atoms with Crippen molar-refractivity contribution in [3.8, 4) is 11.5 Å². The third kappa shape index (κ3) is 6.49. The predicted octanol–water partition coefficient (Wildman–Crippen LogP) is 2.10. The standard InChI is InChI=1S/C16H26N2O3/c1-4-6-9-18-16(19)12-21-15-10-14(20-3)8-7-13(15)11-17-5-2/h7-8,10,17H,4-6,9,11-12H2,1-3H3,(H,18,19). The molecule has 0 spiro atoms. The van der Waals surface area contributed by atoms with Crippen LogP contribution in [0.2, 0.25) is 0 Å². The smallest absolute Gasteiger partial charge is 0.257 e. The van der Waals surface area contributed by atoms with Crippen molar-refractivity contribution in [1.82, 2.24) is 10.6 Å². The maximum absolute atomic E-state index is 11.7. The summed E-state index contributed by atoms with van der Waals surface area (Å²) in [5, 5.41) is 6.08. The Morgan fingerprint density at radius 3 is 2.76 bits per heavy atom. The number of nitrogens with one attached hydrogen (secondary N) is 2. The molecule has 0 heterocycles. The third-order valence-corrected chi connectivity index (χ3v) is 3.05. The van der Waals surface area contributed by atoms with E-state index in [2.05, 4.69) is 17.6 Å². The van der Waals surface area contributed by atoms with E-state index >= 15 is 0 Å². The van der Waals surface area contributed by atoms with E-state index in [9.17, 15) is 4.79 Å². The summed E-state index contributed by atoms with van der Waals surface area (Å²) in [6, 6.07) is 5.65. The van der Waals surface area contributed by atoms with Crippen molar-refractivity contribution in [2.75, 3.05) is 26.8 Å². The number of carbonyl (C=O) groups excluding carboxylic acids is 1. The molecule has 2 N–H and O–H groups in total. The van der Waals surface area contributed by atoms with Gasteiger partial charge in [-0.15, -0.1) is 0 Å². The van der Waals surface area contributed by atoms with Crippen LogP contribution >= 0.6 is 0 Å². The first-order valence-electron chi connectivity index (χ1n) is 7.48. The molecule has 0 aliphatic rings. The van der Waals surface area contributed by atoms with Gasteiger partial charge in [0.25, 0.3) is 5.91 Å². The van der Waals surface area contributed by atoms with E-state index in [4.69, 9.17) is 9.47 Å². The van der Waals surface area contributed by atoms with Crippen molar-refractivity contribution in [2.24, 2.45) is 0 Å². The molecular formula is C16H26N2O3. The SMILES string of the molecule is CCCCNC(=O)COc1cc(OC)ccc1CNCC.